The molecule has 2 aliphatic heterocycles. The van der Waals surface area contributed by atoms with E-state index in [2.05, 4.69) is 143 Å². The molecule has 1 unspecified atom stereocenters. The second-order valence-corrected chi connectivity index (χ2v) is 15.1. The van der Waals surface area contributed by atoms with Gasteiger partial charge in [0.1, 0.15) is 11.5 Å². The molecule has 1 spiro atoms. The van der Waals surface area contributed by atoms with Gasteiger partial charge in [0.2, 0.25) is 0 Å². The fourth-order valence-electron chi connectivity index (χ4n) is 8.43. The van der Waals surface area contributed by atoms with Crippen LogP contribution in [0.3, 0.4) is 0 Å². The first-order valence-electron chi connectivity index (χ1n) is 18.3. The SMILES string of the molecule is CC1(C)OB(c2cccc3c2-c2ccccc2C32c3ccccc3Oc3c(-c4cc(-c5ccccc5)nc(-c5ccccc5)n4)cccc32)OC1(C)C. The van der Waals surface area contributed by atoms with Crippen molar-refractivity contribution in [1.82, 2.24) is 9.97 Å². The van der Waals surface area contributed by atoms with Gasteiger partial charge in [-0.2, -0.15) is 0 Å². The maximum atomic E-state index is 7.05. The van der Waals surface area contributed by atoms with Crippen LogP contribution in [0, 0.1) is 0 Å². The third-order valence-corrected chi connectivity index (χ3v) is 11.6. The molecule has 0 amide bonds. The van der Waals surface area contributed by atoms with Gasteiger partial charge in [-0.15, -0.1) is 0 Å². The van der Waals surface area contributed by atoms with Crippen LogP contribution in [0.2, 0.25) is 0 Å². The highest BCUT2D eigenvalue weighted by Gasteiger charge is 2.56. The molecular weight excluding hydrogens is 651 g/mol. The minimum absolute atomic E-state index is 0.474. The zero-order valence-corrected chi connectivity index (χ0v) is 30.1. The van der Waals surface area contributed by atoms with E-state index >= 15 is 0 Å². The smallest absolute Gasteiger partial charge is 0.456 e. The Labute approximate surface area is 310 Å². The molecule has 0 saturated carbocycles. The highest BCUT2D eigenvalue weighted by Crippen LogP contribution is 2.63. The molecule has 53 heavy (non-hydrogen) atoms. The Morgan fingerprint density at radius 1 is 0.491 bits per heavy atom. The van der Waals surface area contributed by atoms with Gasteiger partial charge in [0.15, 0.2) is 5.82 Å². The number of nitrogens with zero attached hydrogens (tertiary/aromatic N) is 2. The summed E-state index contributed by atoms with van der Waals surface area (Å²) < 4.78 is 20.5. The van der Waals surface area contributed by atoms with Crippen molar-refractivity contribution in [2.45, 2.75) is 44.3 Å². The number of rotatable bonds is 4. The Hall–Kier alpha value is -5.82. The summed E-state index contributed by atoms with van der Waals surface area (Å²) in [7, 11) is -0.520. The molecular formula is C47H37BN2O3. The summed E-state index contributed by atoms with van der Waals surface area (Å²) in [5.74, 6) is 2.26. The summed E-state index contributed by atoms with van der Waals surface area (Å²) in [5, 5.41) is 0. The van der Waals surface area contributed by atoms with Crippen molar-refractivity contribution in [3.63, 3.8) is 0 Å². The largest absolute Gasteiger partial charge is 0.495 e. The second kappa shape index (κ2) is 11.6. The number of benzene rings is 6. The first-order chi connectivity index (χ1) is 25.8. The van der Waals surface area contributed by atoms with Gasteiger partial charge >= 0.3 is 7.12 Å². The van der Waals surface area contributed by atoms with Gasteiger partial charge in [-0.3, -0.25) is 0 Å². The van der Waals surface area contributed by atoms with Crippen LogP contribution in [0.25, 0.3) is 45.0 Å². The van der Waals surface area contributed by atoms with Crippen LogP contribution >= 0.6 is 0 Å². The third-order valence-electron chi connectivity index (χ3n) is 11.6. The fourth-order valence-corrected chi connectivity index (χ4v) is 8.43. The molecule has 5 nitrogen and oxygen atoms in total. The van der Waals surface area contributed by atoms with E-state index in [9.17, 15) is 0 Å². The number of para-hydroxylation sites is 2. The lowest BCUT2D eigenvalue weighted by atomic mass is 9.65. The van der Waals surface area contributed by atoms with Crippen LogP contribution in [0.1, 0.15) is 49.9 Å². The zero-order valence-electron chi connectivity index (χ0n) is 30.1. The lowest BCUT2D eigenvalue weighted by molar-refractivity contribution is 0.00578. The maximum absolute atomic E-state index is 7.05. The number of ether oxygens (including phenoxy) is 1. The summed E-state index contributed by atoms with van der Waals surface area (Å²) in [5.41, 5.74) is 10.8. The molecule has 6 heteroatoms. The van der Waals surface area contributed by atoms with Crippen LogP contribution in [0.5, 0.6) is 11.5 Å². The zero-order chi connectivity index (χ0) is 36.0. The van der Waals surface area contributed by atoms with Crippen LogP contribution in [0.4, 0.5) is 0 Å². The van der Waals surface area contributed by atoms with Gasteiger partial charge in [-0.25, -0.2) is 9.97 Å². The highest BCUT2D eigenvalue weighted by atomic mass is 16.7. The van der Waals surface area contributed by atoms with Crippen molar-refractivity contribution in [3.8, 4) is 56.5 Å². The molecule has 0 N–H and O–H groups in total. The Kier molecular flexibility index (Phi) is 6.97. The van der Waals surface area contributed by atoms with Crippen molar-refractivity contribution in [3.05, 3.63) is 174 Å². The standard InChI is InChI=1S/C47H37BN2O3/c1-45(2)46(3,4)53-48(52-45)38-27-16-25-36-42(38)32-21-11-12-23-34(32)47(36)35-24-13-14-28-41(35)51-43-33(22-15-26-37(43)47)40-29-39(30-17-7-5-8-18-30)49-44(50-40)31-19-9-6-10-20-31/h5-29H,1-4H3. The Bertz CT molecular complexity index is 2490. The van der Waals surface area contributed by atoms with E-state index in [1.54, 1.807) is 0 Å². The Morgan fingerprint density at radius 3 is 1.81 bits per heavy atom. The minimum atomic E-state index is -0.677. The summed E-state index contributed by atoms with van der Waals surface area (Å²) in [6, 6.07) is 52.8. The predicted molar refractivity (Wildman–Crippen MR) is 211 cm³/mol. The van der Waals surface area contributed by atoms with Crippen LogP contribution in [-0.2, 0) is 14.7 Å². The first kappa shape index (κ1) is 31.9. The fraction of sp³-hybridized carbons (Fsp3) is 0.149. The number of hydrogen-bond acceptors (Lipinski definition) is 5. The predicted octanol–water partition coefficient (Wildman–Crippen LogP) is 10.2. The molecule has 3 heterocycles. The van der Waals surface area contributed by atoms with E-state index in [-0.39, 0.29) is 0 Å². The lowest BCUT2D eigenvalue weighted by Crippen LogP contribution is -2.41. The van der Waals surface area contributed by atoms with Gasteiger partial charge in [0.05, 0.1) is 28.0 Å². The van der Waals surface area contributed by atoms with Crippen LogP contribution < -0.4 is 10.2 Å². The molecule has 0 bridgehead atoms. The molecule has 1 aliphatic carbocycles. The molecule has 1 saturated heterocycles. The molecule has 7 aromatic rings. The number of aromatic nitrogens is 2. The molecule has 1 fully saturated rings. The quantitative estimate of drug-likeness (QED) is 0.172. The highest BCUT2D eigenvalue weighted by molar-refractivity contribution is 6.64. The van der Waals surface area contributed by atoms with E-state index in [4.69, 9.17) is 24.0 Å². The van der Waals surface area contributed by atoms with Crippen molar-refractivity contribution >= 4 is 12.6 Å². The summed E-state index contributed by atoms with van der Waals surface area (Å²) in [4.78, 5) is 10.3. The Morgan fingerprint density at radius 2 is 1.06 bits per heavy atom. The van der Waals surface area contributed by atoms with Gasteiger partial charge in [0, 0.05) is 27.8 Å². The summed E-state index contributed by atoms with van der Waals surface area (Å²) >= 11 is 0. The first-order valence-corrected chi connectivity index (χ1v) is 18.3. The van der Waals surface area contributed by atoms with Crippen molar-refractivity contribution in [1.29, 1.82) is 0 Å². The average molecular weight is 689 g/mol. The molecule has 0 radical (unpaired) electrons. The molecule has 10 rings (SSSR count). The maximum Gasteiger partial charge on any atom is 0.495 e. The summed E-state index contributed by atoms with van der Waals surface area (Å²) in [6.07, 6.45) is 0. The van der Waals surface area contributed by atoms with E-state index in [1.165, 1.54) is 16.7 Å². The van der Waals surface area contributed by atoms with Crippen molar-refractivity contribution < 1.29 is 14.0 Å². The molecule has 6 aromatic carbocycles. The van der Waals surface area contributed by atoms with Crippen molar-refractivity contribution in [2.24, 2.45) is 0 Å². The van der Waals surface area contributed by atoms with E-state index in [1.807, 2.05) is 36.4 Å². The Balaban J connectivity index is 1.25. The van der Waals surface area contributed by atoms with Gasteiger partial charge in [-0.1, -0.05) is 133 Å². The minimum Gasteiger partial charge on any atom is -0.456 e. The second-order valence-electron chi connectivity index (χ2n) is 15.1. The average Bonchev–Trinajstić information content (AvgIpc) is 3.61. The number of fused-ring (bicyclic) bond motifs is 9. The topological polar surface area (TPSA) is 53.5 Å². The van der Waals surface area contributed by atoms with Gasteiger partial charge in [-0.05, 0) is 73.6 Å². The molecule has 256 valence electrons. The number of hydrogen-bond donors (Lipinski definition) is 0. The van der Waals surface area contributed by atoms with E-state index in [0.29, 0.717) is 5.82 Å². The third kappa shape index (κ3) is 4.65. The monoisotopic (exact) mass is 688 g/mol. The summed E-state index contributed by atoms with van der Waals surface area (Å²) in [6.45, 7) is 8.44. The normalized spacial score (nSPS) is 18.5. The van der Waals surface area contributed by atoms with E-state index < -0.39 is 23.7 Å². The molecule has 1 aromatic heterocycles. The molecule has 1 atom stereocenters. The van der Waals surface area contributed by atoms with Crippen LogP contribution in [0.15, 0.2) is 152 Å². The van der Waals surface area contributed by atoms with Gasteiger partial charge < -0.3 is 14.0 Å². The van der Waals surface area contributed by atoms with Gasteiger partial charge in [0.25, 0.3) is 0 Å². The van der Waals surface area contributed by atoms with Crippen LogP contribution in [-0.4, -0.2) is 28.3 Å². The molecule has 3 aliphatic rings. The van der Waals surface area contributed by atoms with E-state index in [0.717, 1.165) is 61.7 Å². The lowest BCUT2D eigenvalue weighted by Gasteiger charge is -2.40. The van der Waals surface area contributed by atoms with Crippen molar-refractivity contribution in [2.75, 3.05) is 0 Å².